The second-order valence-electron chi connectivity index (χ2n) is 3.46. The highest BCUT2D eigenvalue weighted by Gasteiger charge is 2.18. The first-order valence-electron chi connectivity index (χ1n) is 4.78. The van der Waals surface area contributed by atoms with Crippen molar-refractivity contribution in [1.29, 1.82) is 0 Å². The monoisotopic (exact) mass is 199 g/mol. The van der Waals surface area contributed by atoms with Gasteiger partial charge in [-0.2, -0.15) is 0 Å². The molecule has 15 heavy (non-hydrogen) atoms. The predicted octanol–water partition coefficient (Wildman–Crippen LogP) is 2.18. The van der Waals surface area contributed by atoms with E-state index in [4.69, 9.17) is 4.74 Å². The van der Waals surface area contributed by atoms with Gasteiger partial charge in [0.25, 0.3) is 0 Å². The molecule has 0 aliphatic carbocycles. The molecule has 0 spiro atoms. The van der Waals surface area contributed by atoms with Crippen LogP contribution in [0, 0.1) is 0 Å². The zero-order chi connectivity index (χ0) is 10.3. The third-order valence-electron chi connectivity index (χ3n) is 2.59. The average Bonchev–Trinajstić information content (AvgIpc) is 2.72. The second kappa shape index (κ2) is 2.98. The number of aromatic nitrogens is 1. The summed E-state index contributed by atoms with van der Waals surface area (Å²) in [5, 5.41) is 0. The standard InChI is InChI=1S/C12H9NO2/c14-7-9-5-6-10-8-15-12-4-2-1-3-11(12)13(9)10/h1-7H,8H2. The van der Waals surface area contributed by atoms with Crippen LogP contribution < -0.4 is 4.74 Å². The van der Waals surface area contributed by atoms with Gasteiger partial charge in [0, 0.05) is 0 Å². The molecule has 0 fully saturated rings. The van der Waals surface area contributed by atoms with Crippen LogP contribution in [0.15, 0.2) is 36.4 Å². The lowest BCUT2D eigenvalue weighted by atomic mass is 10.2. The molecule has 0 amide bonds. The SMILES string of the molecule is O=Cc1ccc2n1-c1ccccc1OC2. The molecule has 1 aromatic heterocycles. The molecular formula is C12H9NO2. The number of nitrogens with zero attached hydrogens (tertiary/aromatic N) is 1. The maximum atomic E-state index is 10.9. The molecule has 2 heterocycles. The molecule has 1 aliphatic rings. The van der Waals surface area contributed by atoms with Crippen molar-refractivity contribution in [2.75, 3.05) is 0 Å². The molecule has 1 aromatic carbocycles. The summed E-state index contributed by atoms with van der Waals surface area (Å²) in [4.78, 5) is 10.9. The van der Waals surface area contributed by atoms with Gasteiger partial charge in [0.15, 0.2) is 6.29 Å². The van der Waals surface area contributed by atoms with Gasteiger partial charge in [0.2, 0.25) is 0 Å². The summed E-state index contributed by atoms with van der Waals surface area (Å²) in [7, 11) is 0. The summed E-state index contributed by atoms with van der Waals surface area (Å²) in [6, 6.07) is 11.4. The number of benzene rings is 1. The quantitative estimate of drug-likeness (QED) is 0.659. The van der Waals surface area contributed by atoms with Crippen molar-refractivity contribution >= 4 is 6.29 Å². The summed E-state index contributed by atoms with van der Waals surface area (Å²) < 4.78 is 7.51. The van der Waals surface area contributed by atoms with Crippen molar-refractivity contribution in [1.82, 2.24) is 4.57 Å². The van der Waals surface area contributed by atoms with Crippen molar-refractivity contribution in [3.63, 3.8) is 0 Å². The van der Waals surface area contributed by atoms with E-state index in [9.17, 15) is 4.79 Å². The van der Waals surface area contributed by atoms with Gasteiger partial charge in [-0.3, -0.25) is 4.79 Å². The Hall–Kier alpha value is -2.03. The van der Waals surface area contributed by atoms with Gasteiger partial charge >= 0.3 is 0 Å². The highest BCUT2D eigenvalue weighted by atomic mass is 16.5. The fraction of sp³-hybridized carbons (Fsp3) is 0.0833. The van der Waals surface area contributed by atoms with E-state index in [2.05, 4.69) is 0 Å². The molecule has 2 aromatic rings. The fourth-order valence-corrected chi connectivity index (χ4v) is 1.91. The molecule has 1 aliphatic heterocycles. The predicted molar refractivity (Wildman–Crippen MR) is 55.5 cm³/mol. The Balaban J connectivity index is 2.31. The van der Waals surface area contributed by atoms with E-state index in [1.54, 1.807) is 0 Å². The van der Waals surface area contributed by atoms with Crippen molar-refractivity contribution in [3.05, 3.63) is 47.8 Å². The largest absolute Gasteiger partial charge is 0.485 e. The molecule has 3 nitrogen and oxygen atoms in total. The lowest BCUT2D eigenvalue weighted by Gasteiger charge is -2.21. The third-order valence-corrected chi connectivity index (χ3v) is 2.59. The van der Waals surface area contributed by atoms with E-state index in [1.807, 2.05) is 41.0 Å². The molecule has 3 rings (SSSR count). The topological polar surface area (TPSA) is 31.2 Å². The number of aldehydes is 1. The first-order chi connectivity index (χ1) is 7.40. The van der Waals surface area contributed by atoms with Crippen LogP contribution in [0.4, 0.5) is 0 Å². The van der Waals surface area contributed by atoms with Crippen LogP contribution in [0.3, 0.4) is 0 Å². The van der Waals surface area contributed by atoms with Crippen LogP contribution in [0.25, 0.3) is 5.69 Å². The Kier molecular flexibility index (Phi) is 1.65. The van der Waals surface area contributed by atoms with E-state index in [-0.39, 0.29) is 0 Å². The Bertz CT molecular complexity index is 528. The van der Waals surface area contributed by atoms with Crippen molar-refractivity contribution in [3.8, 4) is 11.4 Å². The van der Waals surface area contributed by atoms with Crippen LogP contribution in [0.2, 0.25) is 0 Å². The van der Waals surface area contributed by atoms with E-state index >= 15 is 0 Å². The Morgan fingerprint density at radius 1 is 1.20 bits per heavy atom. The molecule has 3 heteroatoms. The van der Waals surface area contributed by atoms with Gasteiger partial charge in [-0.25, -0.2) is 0 Å². The molecule has 0 saturated carbocycles. The molecule has 74 valence electrons. The van der Waals surface area contributed by atoms with Gasteiger partial charge in [-0.05, 0) is 24.3 Å². The van der Waals surface area contributed by atoms with Crippen molar-refractivity contribution in [2.45, 2.75) is 6.61 Å². The number of fused-ring (bicyclic) bond motifs is 3. The van der Waals surface area contributed by atoms with Crippen LogP contribution in [-0.2, 0) is 6.61 Å². The minimum Gasteiger partial charge on any atom is -0.485 e. The summed E-state index contributed by atoms with van der Waals surface area (Å²) >= 11 is 0. The number of hydrogen-bond acceptors (Lipinski definition) is 2. The third kappa shape index (κ3) is 1.09. The van der Waals surface area contributed by atoms with E-state index in [0.717, 1.165) is 23.4 Å². The Morgan fingerprint density at radius 2 is 2.07 bits per heavy atom. The van der Waals surface area contributed by atoms with Crippen LogP contribution in [-0.4, -0.2) is 10.9 Å². The minimum absolute atomic E-state index is 0.519. The number of carbonyl (C=O) groups is 1. The van der Waals surface area contributed by atoms with Crippen LogP contribution in [0.1, 0.15) is 16.2 Å². The first-order valence-corrected chi connectivity index (χ1v) is 4.78. The lowest BCUT2D eigenvalue weighted by Crippen LogP contribution is -2.13. The molecule has 0 unspecified atom stereocenters. The summed E-state index contributed by atoms with van der Waals surface area (Å²) in [5.74, 6) is 0.823. The number of ether oxygens (including phenoxy) is 1. The summed E-state index contributed by atoms with van der Waals surface area (Å²) in [5.41, 5.74) is 2.61. The van der Waals surface area contributed by atoms with Gasteiger partial charge in [0.1, 0.15) is 12.4 Å². The van der Waals surface area contributed by atoms with E-state index in [1.165, 1.54) is 0 Å². The maximum absolute atomic E-state index is 10.9. The van der Waals surface area contributed by atoms with Crippen LogP contribution >= 0.6 is 0 Å². The van der Waals surface area contributed by atoms with E-state index in [0.29, 0.717) is 12.3 Å². The van der Waals surface area contributed by atoms with Crippen LogP contribution in [0.5, 0.6) is 5.75 Å². The molecule has 0 saturated heterocycles. The molecule has 0 radical (unpaired) electrons. The average molecular weight is 199 g/mol. The van der Waals surface area contributed by atoms with Gasteiger partial charge < -0.3 is 9.30 Å². The minimum atomic E-state index is 0.519. The number of para-hydroxylation sites is 2. The van der Waals surface area contributed by atoms with Gasteiger partial charge in [-0.1, -0.05) is 12.1 Å². The van der Waals surface area contributed by atoms with Gasteiger partial charge in [0.05, 0.1) is 17.1 Å². The fourth-order valence-electron chi connectivity index (χ4n) is 1.91. The summed E-state index contributed by atoms with van der Waals surface area (Å²) in [6.07, 6.45) is 0.867. The maximum Gasteiger partial charge on any atom is 0.166 e. The smallest absolute Gasteiger partial charge is 0.166 e. The molecule has 0 N–H and O–H groups in total. The number of hydrogen-bond donors (Lipinski definition) is 0. The zero-order valence-corrected chi connectivity index (χ0v) is 8.01. The van der Waals surface area contributed by atoms with Crippen molar-refractivity contribution in [2.24, 2.45) is 0 Å². The van der Waals surface area contributed by atoms with Crippen molar-refractivity contribution < 1.29 is 9.53 Å². The molecular weight excluding hydrogens is 190 g/mol. The summed E-state index contributed by atoms with van der Waals surface area (Å²) in [6.45, 7) is 0.519. The Labute approximate surface area is 86.9 Å². The normalized spacial score (nSPS) is 12.5. The second-order valence-corrected chi connectivity index (χ2v) is 3.46. The first kappa shape index (κ1) is 8.29. The number of carbonyl (C=O) groups excluding carboxylic acids is 1. The van der Waals surface area contributed by atoms with Gasteiger partial charge in [-0.15, -0.1) is 0 Å². The molecule has 0 atom stereocenters. The molecule has 0 bridgehead atoms. The Morgan fingerprint density at radius 3 is 2.93 bits per heavy atom. The number of rotatable bonds is 1. The zero-order valence-electron chi connectivity index (χ0n) is 8.01. The van der Waals surface area contributed by atoms with E-state index < -0.39 is 0 Å². The highest BCUT2D eigenvalue weighted by Crippen LogP contribution is 2.30. The highest BCUT2D eigenvalue weighted by molar-refractivity contribution is 5.75. The lowest BCUT2D eigenvalue weighted by molar-refractivity contribution is 0.111.